The van der Waals surface area contributed by atoms with Crippen LogP contribution in [0.3, 0.4) is 0 Å². The molecule has 2 bridgehead atoms. The number of esters is 2. The average Bonchev–Trinajstić information content (AvgIpc) is 3.38. The van der Waals surface area contributed by atoms with Gasteiger partial charge in [-0.05, 0) is 0 Å². The molecule has 2 N–H and O–H groups in total. The standard InChI is InChI=1S/C17H20F6I2N2O4/c1-7(28)31-14(15(18,19)20,16(21,22)23)6-10-4-9-3-8(10)5-11(9)30-12(29)13(2,24)17-25(26-17)27-17/h8-11,26-27H,3-6H2,1-2H3. The van der Waals surface area contributed by atoms with E-state index in [0.29, 0.717) is 13.3 Å². The van der Waals surface area contributed by atoms with Gasteiger partial charge in [0, 0.05) is 6.92 Å². The first kappa shape index (κ1) is 24.0. The van der Waals surface area contributed by atoms with Crippen LogP contribution in [0.2, 0.25) is 0 Å². The number of alkyl halides is 8. The van der Waals surface area contributed by atoms with E-state index in [9.17, 15) is 35.9 Å². The third-order valence-electron chi connectivity index (χ3n) is 6.67. The monoisotopic (exact) mass is 684 g/mol. The number of carbonyl (C=O) groups excluding carboxylic acids is 2. The summed E-state index contributed by atoms with van der Waals surface area (Å²) < 4.78 is 96.3. The molecule has 178 valence electrons. The molecule has 0 amide bonds. The van der Waals surface area contributed by atoms with E-state index in [2.05, 4.69) is 11.8 Å². The summed E-state index contributed by atoms with van der Waals surface area (Å²) in [5, 5.41) is 0. The summed E-state index contributed by atoms with van der Waals surface area (Å²) >= 11 is 0.611. The molecule has 0 aromatic carbocycles. The fraction of sp³-hybridized carbons (Fsp3) is 0.882. The molecule has 4 aliphatic rings. The first-order valence-corrected chi connectivity index (χ1v) is 13.8. The fourth-order valence-corrected chi connectivity index (χ4v) is 12.6. The minimum absolute atomic E-state index is 0.0515. The third-order valence-corrected chi connectivity index (χ3v) is 13.8. The van der Waals surface area contributed by atoms with E-state index >= 15 is 0 Å². The number of fused-ring (bicyclic) bond motifs is 3. The molecule has 0 radical (unpaired) electrons. The molecule has 5 unspecified atom stereocenters. The van der Waals surface area contributed by atoms with Gasteiger partial charge in [-0.25, -0.2) is 0 Å². The van der Waals surface area contributed by atoms with Crippen LogP contribution in [-0.2, 0) is 19.1 Å². The van der Waals surface area contributed by atoms with E-state index in [1.165, 1.54) is 0 Å². The molecule has 0 spiro atoms. The molecule has 0 aromatic heterocycles. The van der Waals surface area contributed by atoms with E-state index < -0.39 is 78.0 Å². The van der Waals surface area contributed by atoms with Crippen LogP contribution in [0.5, 0.6) is 0 Å². The summed E-state index contributed by atoms with van der Waals surface area (Å²) in [4.78, 5) is 23.8. The van der Waals surface area contributed by atoms with Crippen LogP contribution in [0.25, 0.3) is 0 Å². The molecule has 2 aliphatic heterocycles. The number of ether oxygens (including phenoxy) is 2. The molecule has 5 atom stereocenters. The molecular formula is C17H20F6I2N2O4. The summed E-state index contributed by atoms with van der Waals surface area (Å²) in [7, 11) is 0. The third kappa shape index (κ3) is 3.74. The molecule has 14 heteroatoms. The molecule has 2 aliphatic carbocycles. The van der Waals surface area contributed by atoms with Crippen molar-refractivity contribution in [3.05, 3.63) is 0 Å². The van der Waals surface area contributed by atoms with Crippen LogP contribution in [0.4, 0.5) is 26.3 Å². The van der Waals surface area contributed by atoms with Crippen LogP contribution in [-0.4, -0.2) is 43.1 Å². The van der Waals surface area contributed by atoms with Gasteiger partial charge in [0.2, 0.25) is 0 Å². The first-order chi connectivity index (χ1) is 14.0. The summed E-state index contributed by atoms with van der Waals surface area (Å²) in [5.41, 5.74) is -4.54. The topological polar surface area (TPSA) is 96.5 Å². The van der Waals surface area contributed by atoms with Gasteiger partial charge < -0.3 is 0 Å². The Balaban J connectivity index is 1.44. The zero-order valence-corrected chi connectivity index (χ0v) is 20.6. The summed E-state index contributed by atoms with van der Waals surface area (Å²) in [6, 6.07) is 0. The molecule has 4 fully saturated rings. The van der Waals surface area contributed by atoms with E-state index in [1.54, 1.807) is 6.92 Å². The predicted octanol–water partition coefficient (Wildman–Crippen LogP) is 4.15. The van der Waals surface area contributed by atoms with Crippen molar-refractivity contribution in [2.75, 3.05) is 0 Å². The second-order valence-electron chi connectivity index (χ2n) is 8.69. The van der Waals surface area contributed by atoms with Crippen molar-refractivity contribution < 1.29 is 45.4 Å². The zero-order valence-electron chi connectivity index (χ0n) is 16.3. The number of hydrogen-bond acceptors (Lipinski definition) is 6. The van der Waals surface area contributed by atoms with E-state index in [4.69, 9.17) is 4.74 Å². The maximum absolute atomic E-state index is 13.6. The van der Waals surface area contributed by atoms with Crippen LogP contribution in [0, 0.1) is 17.8 Å². The Labute approximate surface area is 195 Å². The van der Waals surface area contributed by atoms with Crippen molar-refractivity contribution in [2.24, 2.45) is 17.8 Å². The second kappa shape index (κ2) is 7.20. The Kier molecular flexibility index (Phi) is 5.58. The first-order valence-electron chi connectivity index (χ1n) is 9.52. The maximum atomic E-state index is 13.6. The Morgan fingerprint density at radius 1 is 1.06 bits per heavy atom. The van der Waals surface area contributed by atoms with E-state index in [0.717, 1.165) is 0 Å². The van der Waals surface area contributed by atoms with Gasteiger partial charge in [-0.15, -0.1) is 0 Å². The van der Waals surface area contributed by atoms with Gasteiger partial charge in [0.05, 0.1) is 0 Å². The SMILES string of the molecule is CC(=O)OC(CC1CC2CC1CC2OC(=O)C(C)(I)C12NI1N2)(C(F)(F)F)C(F)(F)F. The van der Waals surface area contributed by atoms with Gasteiger partial charge in [0.25, 0.3) is 0 Å². The molecule has 0 aromatic rings. The summed E-state index contributed by atoms with van der Waals surface area (Å²) in [6.45, 7) is 2.27. The molecule has 2 saturated carbocycles. The van der Waals surface area contributed by atoms with Crippen LogP contribution >= 0.6 is 43.0 Å². The molecule has 2 saturated heterocycles. The number of nitrogens with one attached hydrogen (secondary N) is 2. The molecular weight excluding hydrogens is 664 g/mol. The van der Waals surface area contributed by atoms with Gasteiger partial charge >= 0.3 is 184 Å². The number of halogens is 8. The van der Waals surface area contributed by atoms with Gasteiger partial charge in [-0.3, -0.25) is 4.79 Å². The van der Waals surface area contributed by atoms with Crippen molar-refractivity contribution in [3.63, 3.8) is 0 Å². The summed E-state index contributed by atoms with van der Waals surface area (Å²) in [6.07, 6.45) is -12.9. The molecule has 6 nitrogen and oxygen atoms in total. The normalized spacial score (nSPS) is 34.0. The Morgan fingerprint density at radius 2 is 1.61 bits per heavy atom. The second-order valence-corrected chi connectivity index (χ2v) is 15.2. The van der Waals surface area contributed by atoms with Crippen molar-refractivity contribution >= 4 is 54.9 Å². The van der Waals surface area contributed by atoms with Crippen molar-refractivity contribution in [1.82, 2.24) is 7.06 Å². The quantitative estimate of drug-likeness (QED) is 0.0831. The Hall–Kier alpha value is -0.100. The van der Waals surface area contributed by atoms with E-state index in [1.807, 2.05) is 22.6 Å². The fourth-order valence-electron chi connectivity index (χ4n) is 4.87. The predicted molar refractivity (Wildman–Crippen MR) is 111 cm³/mol. The molecule has 2 heterocycles. The minimum atomic E-state index is -5.80. The molecule has 31 heavy (non-hydrogen) atoms. The zero-order chi connectivity index (χ0) is 23.2. The van der Waals surface area contributed by atoms with Gasteiger partial charge in [-0.2, -0.15) is 0 Å². The number of hydrogen-bond donors (Lipinski definition) is 2. The van der Waals surface area contributed by atoms with Crippen LogP contribution < -0.4 is 7.06 Å². The van der Waals surface area contributed by atoms with Crippen LogP contribution in [0.15, 0.2) is 0 Å². The van der Waals surface area contributed by atoms with Gasteiger partial charge in [0.1, 0.15) is 0 Å². The van der Waals surface area contributed by atoms with Crippen molar-refractivity contribution in [3.8, 4) is 0 Å². The molecule has 4 rings (SSSR count). The van der Waals surface area contributed by atoms with Gasteiger partial charge in [0.15, 0.2) is 0 Å². The van der Waals surface area contributed by atoms with Crippen molar-refractivity contribution in [2.45, 2.75) is 70.7 Å². The average molecular weight is 684 g/mol. The van der Waals surface area contributed by atoms with Crippen molar-refractivity contribution in [1.29, 1.82) is 0 Å². The number of carbonyl (C=O) groups is 2. The van der Waals surface area contributed by atoms with E-state index in [-0.39, 0.29) is 22.4 Å². The van der Waals surface area contributed by atoms with Crippen LogP contribution in [0.1, 0.15) is 39.5 Å². The van der Waals surface area contributed by atoms with Gasteiger partial charge in [-0.1, -0.05) is 0 Å². The Morgan fingerprint density at radius 3 is 2.00 bits per heavy atom. The Bertz CT molecular complexity index is 784. The number of rotatable bonds is 6. The summed E-state index contributed by atoms with van der Waals surface area (Å²) in [5.74, 6) is -3.80.